The van der Waals surface area contributed by atoms with Crippen LogP contribution in [0.4, 0.5) is 5.69 Å². The Balaban J connectivity index is 2.99. The number of hydrogen-bond donors (Lipinski definition) is 1. The Hall–Kier alpha value is -1.56. The molecule has 6 heteroatoms. The largest absolute Gasteiger partial charge is 0.327 e. The number of nitro groups is 1. The summed E-state index contributed by atoms with van der Waals surface area (Å²) in [5, 5.41) is 10.5. The zero-order valence-electron chi connectivity index (χ0n) is 9.62. The minimum absolute atomic E-state index is 0.0146. The first-order valence-corrected chi connectivity index (χ1v) is 5.15. The molecule has 0 spiro atoms. The first kappa shape index (κ1) is 12.5. The van der Waals surface area contributed by atoms with Crippen molar-refractivity contribution in [1.82, 2.24) is 9.97 Å². The van der Waals surface area contributed by atoms with Gasteiger partial charge in [0.15, 0.2) is 0 Å². The highest BCUT2D eigenvalue weighted by Gasteiger charge is 2.23. The van der Waals surface area contributed by atoms with E-state index in [2.05, 4.69) is 9.97 Å². The van der Waals surface area contributed by atoms with Crippen LogP contribution in [0.25, 0.3) is 0 Å². The van der Waals surface area contributed by atoms with Gasteiger partial charge in [-0.2, -0.15) is 0 Å². The van der Waals surface area contributed by atoms with E-state index in [9.17, 15) is 10.1 Å². The van der Waals surface area contributed by atoms with Crippen molar-refractivity contribution < 1.29 is 4.92 Å². The van der Waals surface area contributed by atoms with Crippen molar-refractivity contribution in [3.05, 3.63) is 28.3 Å². The lowest BCUT2D eigenvalue weighted by Gasteiger charge is -2.22. The van der Waals surface area contributed by atoms with E-state index in [4.69, 9.17) is 5.73 Å². The van der Waals surface area contributed by atoms with Crippen LogP contribution < -0.4 is 5.73 Å². The van der Waals surface area contributed by atoms with E-state index in [0.29, 0.717) is 11.7 Å². The summed E-state index contributed by atoms with van der Waals surface area (Å²) in [5.74, 6) is 0.873. The Morgan fingerprint density at radius 2 is 1.81 bits per heavy atom. The molecule has 16 heavy (non-hydrogen) atoms. The molecule has 88 valence electrons. The van der Waals surface area contributed by atoms with Gasteiger partial charge in [0.2, 0.25) is 0 Å². The molecule has 0 saturated heterocycles. The number of nitrogens with zero attached hydrogens (tertiary/aromatic N) is 3. The van der Waals surface area contributed by atoms with Crippen LogP contribution in [0, 0.1) is 16.0 Å². The Morgan fingerprint density at radius 1 is 1.31 bits per heavy atom. The average molecular weight is 224 g/mol. The normalized spacial score (nSPS) is 14.8. The van der Waals surface area contributed by atoms with Gasteiger partial charge in [-0.25, -0.2) is 9.97 Å². The molecule has 0 bridgehead atoms. The second kappa shape index (κ2) is 4.98. The van der Waals surface area contributed by atoms with Crippen LogP contribution in [0.5, 0.6) is 0 Å². The highest BCUT2D eigenvalue weighted by molar-refractivity contribution is 5.22. The quantitative estimate of drug-likeness (QED) is 0.617. The molecule has 0 amide bonds. The summed E-state index contributed by atoms with van der Waals surface area (Å²) in [6.07, 6.45) is 2.44. The molecule has 2 N–H and O–H groups in total. The molecule has 2 atom stereocenters. The Bertz CT molecular complexity index is 354. The average Bonchev–Trinajstić information content (AvgIpc) is 2.17. The maximum Gasteiger partial charge on any atom is 0.305 e. The highest BCUT2D eigenvalue weighted by atomic mass is 16.6. The number of nitrogens with two attached hydrogens (primary N) is 1. The molecule has 0 aliphatic carbocycles. The van der Waals surface area contributed by atoms with Gasteiger partial charge in [0.1, 0.15) is 18.2 Å². The predicted molar refractivity (Wildman–Crippen MR) is 59.9 cm³/mol. The van der Waals surface area contributed by atoms with E-state index in [-0.39, 0.29) is 17.6 Å². The second-order valence-electron chi connectivity index (χ2n) is 4.19. The lowest BCUT2D eigenvalue weighted by Crippen LogP contribution is -2.29. The van der Waals surface area contributed by atoms with Gasteiger partial charge in [-0.15, -0.1) is 0 Å². The van der Waals surface area contributed by atoms with Crippen LogP contribution in [-0.2, 0) is 0 Å². The third-order valence-corrected chi connectivity index (χ3v) is 2.45. The van der Waals surface area contributed by atoms with Gasteiger partial charge >= 0.3 is 5.69 Å². The van der Waals surface area contributed by atoms with Crippen LogP contribution in [0.1, 0.15) is 32.5 Å². The van der Waals surface area contributed by atoms with Gasteiger partial charge in [0, 0.05) is 12.0 Å². The van der Waals surface area contributed by atoms with E-state index in [1.165, 1.54) is 12.4 Å². The minimum atomic E-state index is -0.514. The molecule has 6 nitrogen and oxygen atoms in total. The maximum absolute atomic E-state index is 10.5. The van der Waals surface area contributed by atoms with Gasteiger partial charge < -0.3 is 5.73 Å². The van der Waals surface area contributed by atoms with Crippen molar-refractivity contribution in [1.29, 1.82) is 0 Å². The first-order valence-electron chi connectivity index (χ1n) is 5.15. The van der Waals surface area contributed by atoms with Crippen LogP contribution in [0.3, 0.4) is 0 Å². The lowest BCUT2D eigenvalue weighted by atomic mass is 9.89. The third-order valence-electron chi connectivity index (χ3n) is 2.45. The molecule has 0 fully saturated rings. The number of hydrogen-bond acceptors (Lipinski definition) is 5. The van der Waals surface area contributed by atoms with E-state index in [0.717, 1.165) is 0 Å². The molecule has 0 aliphatic heterocycles. The molecule has 0 radical (unpaired) electrons. The number of rotatable bonds is 4. The zero-order valence-corrected chi connectivity index (χ0v) is 9.62. The molecule has 1 aromatic heterocycles. The van der Waals surface area contributed by atoms with Crippen LogP contribution in [0.15, 0.2) is 12.4 Å². The van der Waals surface area contributed by atoms with Crippen LogP contribution >= 0.6 is 0 Å². The summed E-state index contributed by atoms with van der Waals surface area (Å²) < 4.78 is 0. The predicted octanol–water partition coefficient (Wildman–Crippen LogP) is 1.47. The topological polar surface area (TPSA) is 94.9 Å². The van der Waals surface area contributed by atoms with Crippen LogP contribution in [-0.4, -0.2) is 20.9 Å². The van der Waals surface area contributed by atoms with Gasteiger partial charge in [-0.3, -0.25) is 10.1 Å². The molecular weight excluding hydrogens is 208 g/mol. The smallest absolute Gasteiger partial charge is 0.305 e. The lowest BCUT2D eigenvalue weighted by molar-refractivity contribution is -0.385. The van der Waals surface area contributed by atoms with Crippen molar-refractivity contribution in [2.75, 3.05) is 0 Å². The molecule has 1 rings (SSSR count). The molecule has 0 aliphatic rings. The monoisotopic (exact) mass is 224 g/mol. The van der Waals surface area contributed by atoms with Crippen molar-refractivity contribution in [2.24, 2.45) is 11.7 Å². The summed E-state index contributed by atoms with van der Waals surface area (Å²) >= 11 is 0. The number of aromatic nitrogens is 2. The fourth-order valence-corrected chi connectivity index (χ4v) is 1.74. The van der Waals surface area contributed by atoms with Gasteiger partial charge in [0.05, 0.1) is 4.92 Å². The summed E-state index contributed by atoms with van der Waals surface area (Å²) in [5.41, 5.74) is 5.75. The molecule has 0 saturated carbocycles. The van der Waals surface area contributed by atoms with E-state index in [1.54, 1.807) is 0 Å². The van der Waals surface area contributed by atoms with E-state index in [1.807, 2.05) is 20.8 Å². The zero-order chi connectivity index (χ0) is 12.3. The van der Waals surface area contributed by atoms with Gasteiger partial charge in [-0.05, 0) is 12.8 Å². The summed E-state index contributed by atoms with van der Waals surface area (Å²) in [7, 11) is 0. The van der Waals surface area contributed by atoms with Crippen molar-refractivity contribution >= 4 is 5.69 Å². The maximum atomic E-state index is 10.5. The Morgan fingerprint density at radius 3 is 2.12 bits per heavy atom. The van der Waals surface area contributed by atoms with E-state index >= 15 is 0 Å². The molecule has 0 aromatic carbocycles. The second-order valence-corrected chi connectivity index (χ2v) is 4.19. The Labute approximate surface area is 94.1 Å². The standard InChI is InChI=1S/C10H16N4O2/c1-6(2)9(7(3)11)10-12-4-8(5-13-10)14(15)16/h4-7,9H,11H2,1-3H3. The fourth-order valence-electron chi connectivity index (χ4n) is 1.74. The minimum Gasteiger partial charge on any atom is -0.327 e. The Kier molecular flexibility index (Phi) is 3.89. The molecule has 2 unspecified atom stereocenters. The van der Waals surface area contributed by atoms with Crippen LogP contribution in [0.2, 0.25) is 0 Å². The first-order chi connectivity index (χ1) is 7.43. The molecular formula is C10H16N4O2. The molecule has 1 aromatic rings. The van der Waals surface area contributed by atoms with Crippen molar-refractivity contribution in [3.8, 4) is 0 Å². The fraction of sp³-hybridized carbons (Fsp3) is 0.600. The van der Waals surface area contributed by atoms with E-state index < -0.39 is 4.92 Å². The van der Waals surface area contributed by atoms with Gasteiger partial charge in [0.25, 0.3) is 0 Å². The summed E-state index contributed by atoms with van der Waals surface area (Å²) in [6.45, 7) is 5.94. The SMILES string of the molecule is CC(C)C(c1ncc([N+](=O)[O-])cn1)C(C)N. The highest BCUT2D eigenvalue weighted by Crippen LogP contribution is 2.24. The van der Waals surface area contributed by atoms with Crippen molar-refractivity contribution in [2.45, 2.75) is 32.7 Å². The summed E-state index contributed by atoms with van der Waals surface area (Å²) in [4.78, 5) is 18.0. The van der Waals surface area contributed by atoms with Crippen molar-refractivity contribution in [3.63, 3.8) is 0 Å². The summed E-state index contributed by atoms with van der Waals surface area (Å²) in [6, 6.07) is -0.0820. The third kappa shape index (κ3) is 2.73. The van der Waals surface area contributed by atoms with Gasteiger partial charge in [-0.1, -0.05) is 13.8 Å². The molecule has 1 heterocycles.